The van der Waals surface area contributed by atoms with E-state index in [1.54, 1.807) is 0 Å². The molecule has 0 fully saturated rings. The van der Waals surface area contributed by atoms with Gasteiger partial charge in [-0.25, -0.2) is 0 Å². The van der Waals surface area contributed by atoms with Crippen LogP contribution in [0.1, 0.15) is 0 Å². The van der Waals surface area contributed by atoms with Gasteiger partial charge in [-0.1, -0.05) is 34.8 Å². The Bertz CT molecular complexity index is 85.8. The predicted octanol–water partition coefficient (Wildman–Crippen LogP) is 2.16. The summed E-state index contributed by atoms with van der Waals surface area (Å²) in [5.74, 6) is 0. The molecule has 0 bridgehead atoms. The van der Waals surface area contributed by atoms with E-state index in [-0.39, 0.29) is 0 Å². The van der Waals surface area contributed by atoms with Gasteiger partial charge in [0.2, 0.25) is 3.79 Å². The molecule has 8 heavy (non-hydrogen) atoms. The Kier molecular flexibility index (Phi) is 3.44. The van der Waals surface area contributed by atoms with Gasteiger partial charge >= 0.3 is 0 Å². The van der Waals surface area contributed by atoms with Crippen molar-refractivity contribution in [2.75, 3.05) is 0 Å². The quantitative estimate of drug-likeness (QED) is 0.463. The molecule has 1 atom stereocenters. The van der Waals surface area contributed by atoms with Gasteiger partial charge in [-0.15, -0.1) is 11.6 Å². The smallest absolute Gasteiger partial charge is 0.213 e. The Morgan fingerprint density at radius 2 is 1.75 bits per heavy atom. The second-order valence-corrected chi connectivity index (χ2v) is 3.92. The molecule has 0 N–H and O–H groups in total. The fraction of sp³-hybridized carbons (Fsp3) is 0.667. The first-order valence-electron chi connectivity index (χ1n) is 1.64. The van der Waals surface area contributed by atoms with Gasteiger partial charge in [0.05, 0.1) is 0 Å². The van der Waals surface area contributed by atoms with Crippen LogP contribution in [-0.4, -0.2) is 15.5 Å². The van der Waals surface area contributed by atoms with Crippen LogP contribution in [0.4, 0.5) is 0 Å². The fourth-order valence-electron chi connectivity index (χ4n) is 0.0772. The summed E-state index contributed by atoms with van der Waals surface area (Å²) in [6.45, 7) is 0. The van der Waals surface area contributed by atoms with Crippen molar-refractivity contribution in [3.63, 3.8) is 0 Å². The van der Waals surface area contributed by atoms with E-state index in [1.807, 2.05) is 0 Å². The molecule has 1 nitrogen and oxygen atoms in total. The van der Waals surface area contributed by atoms with E-state index in [9.17, 15) is 4.79 Å². The molecule has 0 aromatic carbocycles. The number of carbonyl (C=O) groups excluding carboxylic acids is 1. The van der Waals surface area contributed by atoms with Crippen molar-refractivity contribution in [3.8, 4) is 0 Å². The standard InChI is InChI=1S/C3H2Cl4O/c4-2(1-8)3(5,6)7/h1-2H. The summed E-state index contributed by atoms with van der Waals surface area (Å²) in [4.78, 5) is 9.77. The maximum absolute atomic E-state index is 9.77. The van der Waals surface area contributed by atoms with Crippen LogP contribution in [0, 0.1) is 0 Å². The minimum atomic E-state index is -1.68. The van der Waals surface area contributed by atoms with Crippen LogP contribution in [0.5, 0.6) is 0 Å². The highest BCUT2D eigenvalue weighted by atomic mass is 35.6. The average molecular weight is 196 g/mol. The van der Waals surface area contributed by atoms with Gasteiger partial charge in [-0.05, 0) is 0 Å². The van der Waals surface area contributed by atoms with E-state index in [4.69, 9.17) is 46.4 Å². The maximum Gasteiger partial charge on any atom is 0.213 e. The molecule has 0 spiro atoms. The normalized spacial score (nSPS) is 15.5. The summed E-state index contributed by atoms with van der Waals surface area (Å²) in [5.41, 5.74) is 0. The van der Waals surface area contributed by atoms with Crippen LogP contribution in [0.25, 0.3) is 0 Å². The van der Waals surface area contributed by atoms with Gasteiger partial charge in [-0.2, -0.15) is 0 Å². The number of carbonyl (C=O) groups is 1. The topological polar surface area (TPSA) is 17.1 Å². The second kappa shape index (κ2) is 3.11. The van der Waals surface area contributed by atoms with Crippen LogP contribution in [0.15, 0.2) is 0 Å². The Balaban J connectivity index is 3.80. The highest BCUT2D eigenvalue weighted by Gasteiger charge is 2.29. The number of hydrogen-bond acceptors (Lipinski definition) is 1. The van der Waals surface area contributed by atoms with E-state index < -0.39 is 9.17 Å². The molecule has 48 valence electrons. The molecule has 5 heteroatoms. The van der Waals surface area contributed by atoms with Crippen LogP contribution >= 0.6 is 46.4 Å². The molecule has 0 aromatic heterocycles. The molecule has 0 aliphatic rings. The number of alkyl halides is 4. The largest absolute Gasteiger partial charge is 0.302 e. The fourth-order valence-corrected chi connectivity index (χ4v) is 0.231. The minimum absolute atomic E-state index is 0.370. The van der Waals surface area contributed by atoms with Crippen molar-refractivity contribution in [2.45, 2.75) is 9.17 Å². The van der Waals surface area contributed by atoms with Crippen molar-refractivity contribution in [3.05, 3.63) is 0 Å². The molecule has 0 amide bonds. The Morgan fingerprint density at radius 3 is 1.75 bits per heavy atom. The zero-order valence-corrected chi connectivity index (χ0v) is 6.60. The molecule has 0 rings (SSSR count). The van der Waals surface area contributed by atoms with Crippen LogP contribution in [0.3, 0.4) is 0 Å². The second-order valence-electron chi connectivity index (χ2n) is 1.08. The van der Waals surface area contributed by atoms with Gasteiger partial charge in [0, 0.05) is 0 Å². The molecule has 0 heterocycles. The first-order valence-corrected chi connectivity index (χ1v) is 3.21. The van der Waals surface area contributed by atoms with Crippen LogP contribution in [-0.2, 0) is 4.79 Å². The highest BCUT2D eigenvalue weighted by molar-refractivity contribution is 6.71. The molecular weight excluding hydrogens is 194 g/mol. The van der Waals surface area contributed by atoms with E-state index >= 15 is 0 Å². The number of aldehydes is 1. The average Bonchev–Trinajstić information content (AvgIpc) is 1.62. The SMILES string of the molecule is O=CC(Cl)C(Cl)(Cl)Cl. The van der Waals surface area contributed by atoms with E-state index in [1.165, 1.54) is 0 Å². The Labute approximate surface area is 66.8 Å². The third-order valence-corrected chi connectivity index (χ3v) is 1.90. The molecule has 0 radical (unpaired) electrons. The zero-order valence-electron chi connectivity index (χ0n) is 3.57. The van der Waals surface area contributed by atoms with Crippen molar-refractivity contribution < 1.29 is 4.79 Å². The van der Waals surface area contributed by atoms with Gasteiger partial charge in [0.1, 0.15) is 11.7 Å². The lowest BCUT2D eigenvalue weighted by molar-refractivity contribution is -0.107. The summed E-state index contributed by atoms with van der Waals surface area (Å²) in [5, 5.41) is -1.06. The lowest BCUT2D eigenvalue weighted by Crippen LogP contribution is -2.20. The lowest BCUT2D eigenvalue weighted by Gasteiger charge is -2.10. The van der Waals surface area contributed by atoms with Crippen molar-refractivity contribution in [1.29, 1.82) is 0 Å². The highest BCUT2D eigenvalue weighted by Crippen LogP contribution is 2.32. The van der Waals surface area contributed by atoms with Gasteiger partial charge < -0.3 is 4.79 Å². The minimum Gasteiger partial charge on any atom is -0.302 e. The van der Waals surface area contributed by atoms with Crippen molar-refractivity contribution >= 4 is 52.7 Å². The molecular formula is C3H2Cl4O. The predicted molar refractivity (Wildman–Crippen MR) is 36.0 cm³/mol. The summed E-state index contributed by atoms with van der Waals surface area (Å²) in [6, 6.07) is 0. The van der Waals surface area contributed by atoms with E-state index in [0.29, 0.717) is 6.29 Å². The van der Waals surface area contributed by atoms with Crippen molar-refractivity contribution in [1.82, 2.24) is 0 Å². The van der Waals surface area contributed by atoms with Crippen LogP contribution in [0.2, 0.25) is 0 Å². The van der Waals surface area contributed by atoms with Crippen molar-refractivity contribution in [2.24, 2.45) is 0 Å². The van der Waals surface area contributed by atoms with Gasteiger partial charge in [0.25, 0.3) is 0 Å². The summed E-state index contributed by atoms with van der Waals surface area (Å²) >= 11 is 20.6. The third-order valence-electron chi connectivity index (χ3n) is 0.432. The zero-order chi connectivity index (χ0) is 6.78. The molecule has 0 aliphatic carbocycles. The molecule has 0 aliphatic heterocycles. The van der Waals surface area contributed by atoms with Gasteiger partial charge in [-0.3, -0.25) is 0 Å². The first-order chi connectivity index (χ1) is 3.48. The number of rotatable bonds is 1. The van der Waals surface area contributed by atoms with E-state index in [2.05, 4.69) is 0 Å². The number of hydrogen-bond donors (Lipinski definition) is 0. The molecule has 1 unspecified atom stereocenters. The summed E-state index contributed by atoms with van der Waals surface area (Å²) < 4.78 is -1.68. The number of halogens is 4. The van der Waals surface area contributed by atoms with Gasteiger partial charge in [0.15, 0.2) is 0 Å². The molecule has 0 aromatic rings. The maximum atomic E-state index is 9.77. The van der Waals surface area contributed by atoms with Crippen LogP contribution < -0.4 is 0 Å². The lowest BCUT2D eigenvalue weighted by atomic mass is 10.5. The summed E-state index contributed by atoms with van der Waals surface area (Å²) in [6.07, 6.45) is 0.370. The van der Waals surface area contributed by atoms with E-state index in [0.717, 1.165) is 0 Å². The molecule has 0 saturated heterocycles. The molecule has 0 saturated carbocycles. The monoisotopic (exact) mass is 194 g/mol. The Morgan fingerprint density at radius 1 is 1.38 bits per heavy atom. The Hall–Kier alpha value is 0.830. The third kappa shape index (κ3) is 2.98. The first kappa shape index (κ1) is 8.83. The summed E-state index contributed by atoms with van der Waals surface area (Å²) in [7, 11) is 0.